The van der Waals surface area contributed by atoms with Crippen molar-refractivity contribution >= 4 is 23.9 Å². The van der Waals surface area contributed by atoms with Gasteiger partial charge in [-0.3, -0.25) is 19.3 Å². The fourth-order valence-electron chi connectivity index (χ4n) is 3.55. The van der Waals surface area contributed by atoms with Crippen LogP contribution in [0.5, 0.6) is 0 Å². The number of carbonyl (C=O) groups is 4. The number of carbonyl (C=O) groups excluding carboxylic acids is 4. The fourth-order valence-corrected chi connectivity index (χ4v) is 3.55. The molecule has 2 rings (SSSR count). The van der Waals surface area contributed by atoms with E-state index in [1.807, 2.05) is 48.5 Å². The van der Waals surface area contributed by atoms with Crippen LogP contribution in [0.4, 0.5) is 4.79 Å². The summed E-state index contributed by atoms with van der Waals surface area (Å²) in [4.78, 5) is 50.3. The number of amides is 3. The molecule has 0 fully saturated rings. The molecule has 3 atom stereocenters. The molecule has 0 saturated carbocycles. The molecule has 10 nitrogen and oxygen atoms in total. The van der Waals surface area contributed by atoms with E-state index >= 15 is 0 Å². The van der Waals surface area contributed by atoms with Gasteiger partial charge in [0.05, 0.1) is 25.7 Å². The number of methoxy groups -OCH3 is 1. The molecule has 2 aromatic rings. The predicted molar refractivity (Wildman–Crippen MR) is 131 cm³/mol. The number of ether oxygens (including phenoxy) is 2. The molecule has 0 saturated heterocycles. The lowest BCUT2D eigenvalue weighted by Crippen LogP contribution is -2.54. The summed E-state index contributed by atoms with van der Waals surface area (Å²) >= 11 is 0. The average Bonchev–Trinajstić information content (AvgIpc) is 2.87. The highest BCUT2D eigenvalue weighted by Gasteiger charge is 2.32. The SMILES string of the molecule is COC(=O)C[C@H](O)[C@H](Cc1ccccc1)NC(=O)[C@H](CCC(N)=O)N(C)C(=O)OCc1ccccc1. The van der Waals surface area contributed by atoms with E-state index < -0.39 is 42.1 Å². The van der Waals surface area contributed by atoms with Crippen molar-refractivity contribution in [3.8, 4) is 0 Å². The first-order valence-electron chi connectivity index (χ1n) is 11.5. The summed E-state index contributed by atoms with van der Waals surface area (Å²) in [6.07, 6.45) is -2.34. The molecule has 0 aromatic heterocycles. The number of rotatable bonds is 13. The molecular formula is C26H33N3O7. The number of likely N-dealkylation sites (N-methyl/N-ethyl adjacent to an activating group) is 1. The second-order valence-corrected chi connectivity index (χ2v) is 8.32. The normalized spacial score (nSPS) is 13.1. The van der Waals surface area contributed by atoms with Crippen LogP contribution in [0.15, 0.2) is 60.7 Å². The maximum absolute atomic E-state index is 13.3. The standard InChI is InChI=1S/C26H33N3O7/c1-29(26(34)36-17-19-11-7-4-8-12-19)21(13-14-23(27)31)25(33)28-20(22(30)16-24(32)35-2)15-18-9-5-3-6-10-18/h3-12,20-22,30H,13-17H2,1-2H3,(H2,27,31)(H,28,33)/t20-,21-,22-/m0/s1. The summed E-state index contributed by atoms with van der Waals surface area (Å²) in [7, 11) is 2.59. The van der Waals surface area contributed by atoms with E-state index in [0.29, 0.717) is 0 Å². The molecule has 0 bridgehead atoms. The van der Waals surface area contributed by atoms with Crippen LogP contribution in [-0.2, 0) is 36.9 Å². The van der Waals surface area contributed by atoms with Crippen LogP contribution >= 0.6 is 0 Å². The Hall–Kier alpha value is -3.92. The molecule has 4 N–H and O–H groups in total. The molecular weight excluding hydrogens is 466 g/mol. The van der Waals surface area contributed by atoms with Crippen LogP contribution in [0.3, 0.4) is 0 Å². The van der Waals surface area contributed by atoms with E-state index in [2.05, 4.69) is 10.1 Å². The zero-order valence-corrected chi connectivity index (χ0v) is 20.5. The van der Waals surface area contributed by atoms with Gasteiger partial charge in [-0.1, -0.05) is 60.7 Å². The Balaban J connectivity index is 2.17. The van der Waals surface area contributed by atoms with Gasteiger partial charge in [0.2, 0.25) is 11.8 Å². The molecule has 0 spiro atoms. The average molecular weight is 500 g/mol. The molecule has 0 radical (unpaired) electrons. The van der Waals surface area contributed by atoms with Crippen molar-refractivity contribution in [3.05, 3.63) is 71.8 Å². The number of aliphatic hydroxyl groups is 1. The fraction of sp³-hybridized carbons (Fsp3) is 0.385. The third kappa shape index (κ3) is 9.38. The van der Waals surface area contributed by atoms with Crippen LogP contribution in [0.1, 0.15) is 30.4 Å². The lowest BCUT2D eigenvalue weighted by atomic mass is 9.98. The Morgan fingerprint density at radius 2 is 1.58 bits per heavy atom. The molecule has 3 amide bonds. The number of aliphatic hydroxyl groups excluding tert-OH is 1. The summed E-state index contributed by atoms with van der Waals surface area (Å²) in [5, 5.41) is 13.4. The molecule has 0 unspecified atom stereocenters. The molecule has 0 aliphatic rings. The van der Waals surface area contributed by atoms with E-state index in [0.717, 1.165) is 16.0 Å². The zero-order chi connectivity index (χ0) is 26.5. The number of primary amides is 1. The van der Waals surface area contributed by atoms with Gasteiger partial charge in [0.1, 0.15) is 12.6 Å². The monoisotopic (exact) mass is 499 g/mol. The van der Waals surface area contributed by atoms with Gasteiger partial charge in [-0.25, -0.2) is 4.79 Å². The summed E-state index contributed by atoms with van der Waals surface area (Å²) in [6, 6.07) is 16.2. The van der Waals surface area contributed by atoms with Gasteiger partial charge >= 0.3 is 12.1 Å². The quantitative estimate of drug-likeness (QED) is 0.354. The van der Waals surface area contributed by atoms with Gasteiger partial charge in [-0.15, -0.1) is 0 Å². The third-order valence-electron chi connectivity index (χ3n) is 5.62. The van der Waals surface area contributed by atoms with Gasteiger partial charge in [-0.2, -0.15) is 0 Å². The maximum atomic E-state index is 13.3. The highest BCUT2D eigenvalue weighted by atomic mass is 16.6. The highest BCUT2D eigenvalue weighted by molar-refractivity contribution is 5.86. The summed E-state index contributed by atoms with van der Waals surface area (Å²) in [5.41, 5.74) is 6.86. The molecule has 0 heterocycles. The molecule has 0 aliphatic heterocycles. The maximum Gasteiger partial charge on any atom is 0.410 e. The number of nitrogens with one attached hydrogen (secondary N) is 1. The minimum atomic E-state index is -1.26. The van der Waals surface area contributed by atoms with E-state index in [1.165, 1.54) is 14.2 Å². The van der Waals surface area contributed by atoms with E-state index in [9.17, 15) is 24.3 Å². The van der Waals surface area contributed by atoms with Gasteiger partial charge in [0, 0.05) is 13.5 Å². The Labute approximate surface area is 210 Å². The summed E-state index contributed by atoms with van der Waals surface area (Å²) < 4.78 is 9.96. The second-order valence-electron chi connectivity index (χ2n) is 8.32. The first-order chi connectivity index (χ1) is 17.2. The number of benzene rings is 2. The second kappa shape index (κ2) is 14.5. The number of esters is 1. The molecule has 194 valence electrons. The third-order valence-corrected chi connectivity index (χ3v) is 5.62. The van der Waals surface area contributed by atoms with Crippen LogP contribution in [0, 0.1) is 0 Å². The first-order valence-corrected chi connectivity index (χ1v) is 11.5. The van der Waals surface area contributed by atoms with Crippen LogP contribution in [0.2, 0.25) is 0 Å². The lowest BCUT2D eigenvalue weighted by Gasteiger charge is -2.30. The Kier molecular flexibility index (Phi) is 11.4. The largest absolute Gasteiger partial charge is 0.469 e. The van der Waals surface area contributed by atoms with Crippen molar-refractivity contribution in [1.29, 1.82) is 0 Å². The van der Waals surface area contributed by atoms with E-state index in [-0.39, 0.29) is 32.3 Å². The van der Waals surface area contributed by atoms with Crippen molar-refractivity contribution in [2.75, 3.05) is 14.2 Å². The first kappa shape index (κ1) is 28.3. The number of hydrogen-bond acceptors (Lipinski definition) is 7. The smallest absolute Gasteiger partial charge is 0.410 e. The van der Waals surface area contributed by atoms with Gasteiger partial charge in [-0.05, 0) is 24.0 Å². The van der Waals surface area contributed by atoms with Crippen molar-refractivity contribution in [3.63, 3.8) is 0 Å². The van der Waals surface area contributed by atoms with Crippen molar-refractivity contribution in [2.24, 2.45) is 5.73 Å². The minimum Gasteiger partial charge on any atom is -0.469 e. The Morgan fingerprint density at radius 1 is 1.00 bits per heavy atom. The van der Waals surface area contributed by atoms with Crippen LogP contribution < -0.4 is 11.1 Å². The zero-order valence-electron chi connectivity index (χ0n) is 20.5. The Bertz CT molecular complexity index is 1000. The highest BCUT2D eigenvalue weighted by Crippen LogP contribution is 2.14. The number of nitrogens with zero attached hydrogens (tertiary/aromatic N) is 1. The van der Waals surface area contributed by atoms with Crippen LogP contribution in [0.25, 0.3) is 0 Å². The van der Waals surface area contributed by atoms with E-state index in [1.54, 1.807) is 12.1 Å². The number of hydrogen-bond donors (Lipinski definition) is 3. The summed E-state index contributed by atoms with van der Waals surface area (Å²) in [5.74, 6) is -1.90. The number of nitrogens with two attached hydrogens (primary N) is 1. The molecule has 0 aliphatic carbocycles. The topological polar surface area (TPSA) is 148 Å². The molecule has 36 heavy (non-hydrogen) atoms. The van der Waals surface area contributed by atoms with Crippen molar-refractivity contribution in [1.82, 2.24) is 10.2 Å². The van der Waals surface area contributed by atoms with Gasteiger partial charge in [0.15, 0.2) is 0 Å². The van der Waals surface area contributed by atoms with E-state index in [4.69, 9.17) is 10.5 Å². The van der Waals surface area contributed by atoms with Crippen LogP contribution in [-0.4, -0.2) is 66.2 Å². The van der Waals surface area contributed by atoms with Gasteiger partial charge < -0.3 is 25.6 Å². The Morgan fingerprint density at radius 3 is 2.14 bits per heavy atom. The molecule has 10 heteroatoms. The molecule has 2 aromatic carbocycles. The van der Waals surface area contributed by atoms with Gasteiger partial charge in [0.25, 0.3) is 0 Å². The predicted octanol–water partition coefficient (Wildman–Crippen LogP) is 1.54. The summed E-state index contributed by atoms with van der Waals surface area (Å²) in [6.45, 7) is 0.00263. The lowest BCUT2D eigenvalue weighted by molar-refractivity contribution is -0.144. The van der Waals surface area contributed by atoms with Crippen molar-refractivity contribution in [2.45, 2.75) is 50.5 Å². The minimum absolute atomic E-state index is 0.00263. The van der Waals surface area contributed by atoms with Crippen molar-refractivity contribution < 1.29 is 33.8 Å².